The molecule has 138 valence electrons. The van der Waals surface area contributed by atoms with E-state index in [1.54, 1.807) is 31.4 Å². The molecule has 0 aliphatic rings. The summed E-state index contributed by atoms with van der Waals surface area (Å²) in [5.41, 5.74) is 1.74. The Hall–Kier alpha value is -2.97. The standard InChI is InChI=1S/C18H15ClN4O3S/c1-26-14-7-5-11(6-8-14)17-22-23-18(27-17)21-16(25)12-3-2-4-13(9-12)20-15(24)10-19/h2-9H,10H2,1H3,(H,20,24)(H,21,23,25). The Balaban J connectivity index is 1.70. The van der Waals surface area contributed by atoms with E-state index in [4.69, 9.17) is 16.3 Å². The number of carbonyl (C=O) groups is 2. The van der Waals surface area contributed by atoms with Crippen LogP contribution < -0.4 is 15.4 Å². The molecule has 0 aliphatic carbocycles. The summed E-state index contributed by atoms with van der Waals surface area (Å²) in [5.74, 6) is -0.107. The molecule has 9 heteroatoms. The average Bonchev–Trinajstić information content (AvgIpc) is 3.16. The molecule has 0 unspecified atom stereocenters. The maximum atomic E-state index is 12.4. The SMILES string of the molecule is COc1ccc(-c2nnc(NC(=O)c3cccc(NC(=O)CCl)c3)s2)cc1. The molecule has 27 heavy (non-hydrogen) atoms. The van der Waals surface area contributed by atoms with Gasteiger partial charge in [0.25, 0.3) is 5.91 Å². The smallest absolute Gasteiger partial charge is 0.257 e. The van der Waals surface area contributed by atoms with Gasteiger partial charge in [0.05, 0.1) is 7.11 Å². The van der Waals surface area contributed by atoms with E-state index in [1.165, 1.54) is 11.3 Å². The number of ether oxygens (including phenoxy) is 1. The number of methoxy groups -OCH3 is 1. The number of alkyl halides is 1. The molecule has 0 saturated carbocycles. The molecule has 0 saturated heterocycles. The summed E-state index contributed by atoms with van der Waals surface area (Å²) >= 11 is 6.73. The molecule has 2 amide bonds. The van der Waals surface area contributed by atoms with Gasteiger partial charge in [0.1, 0.15) is 16.6 Å². The van der Waals surface area contributed by atoms with Gasteiger partial charge in [-0.05, 0) is 42.5 Å². The van der Waals surface area contributed by atoms with E-state index in [0.717, 1.165) is 11.3 Å². The highest BCUT2D eigenvalue weighted by Crippen LogP contribution is 2.28. The second-order valence-electron chi connectivity index (χ2n) is 5.36. The zero-order chi connectivity index (χ0) is 19.2. The molecule has 3 rings (SSSR count). The lowest BCUT2D eigenvalue weighted by Gasteiger charge is -2.05. The van der Waals surface area contributed by atoms with Crippen LogP contribution in [0.1, 0.15) is 10.4 Å². The molecule has 0 aliphatic heterocycles. The molecule has 2 N–H and O–H groups in total. The van der Waals surface area contributed by atoms with E-state index in [0.29, 0.717) is 21.4 Å². The fourth-order valence-electron chi connectivity index (χ4n) is 2.23. The number of nitrogens with zero attached hydrogens (tertiary/aromatic N) is 2. The number of nitrogens with one attached hydrogen (secondary N) is 2. The summed E-state index contributed by atoms with van der Waals surface area (Å²) < 4.78 is 5.13. The lowest BCUT2D eigenvalue weighted by molar-refractivity contribution is -0.113. The van der Waals surface area contributed by atoms with Crippen molar-refractivity contribution in [3.8, 4) is 16.3 Å². The van der Waals surface area contributed by atoms with Crippen molar-refractivity contribution in [2.24, 2.45) is 0 Å². The Morgan fingerprint density at radius 2 is 1.89 bits per heavy atom. The minimum atomic E-state index is -0.352. The van der Waals surface area contributed by atoms with Crippen molar-refractivity contribution in [2.45, 2.75) is 0 Å². The quantitative estimate of drug-likeness (QED) is 0.614. The molecule has 0 spiro atoms. The molecular formula is C18H15ClN4O3S. The van der Waals surface area contributed by atoms with Crippen molar-refractivity contribution < 1.29 is 14.3 Å². The van der Waals surface area contributed by atoms with Crippen molar-refractivity contribution in [3.63, 3.8) is 0 Å². The van der Waals surface area contributed by atoms with E-state index in [-0.39, 0.29) is 17.7 Å². The molecule has 7 nitrogen and oxygen atoms in total. The monoisotopic (exact) mass is 402 g/mol. The van der Waals surface area contributed by atoms with Gasteiger partial charge >= 0.3 is 0 Å². The highest BCUT2D eigenvalue weighted by molar-refractivity contribution is 7.18. The first kappa shape index (κ1) is 18.8. The number of carbonyl (C=O) groups excluding carboxylic acids is 2. The van der Waals surface area contributed by atoms with E-state index in [1.807, 2.05) is 24.3 Å². The van der Waals surface area contributed by atoms with Crippen LogP contribution in [0.5, 0.6) is 5.75 Å². The molecular weight excluding hydrogens is 388 g/mol. The molecule has 2 aromatic carbocycles. The van der Waals surface area contributed by atoms with Crippen LogP contribution in [0.4, 0.5) is 10.8 Å². The van der Waals surface area contributed by atoms with Crippen LogP contribution in [0.3, 0.4) is 0 Å². The van der Waals surface area contributed by atoms with Gasteiger partial charge < -0.3 is 10.1 Å². The number of aromatic nitrogens is 2. The fourth-order valence-corrected chi connectivity index (χ4v) is 3.04. The first-order chi connectivity index (χ1) is 13.1. The number of amides is 2. The number of halogens is 1. The predicted molar refractivity (Wildman–Crippen MR) is 106 cm³/mol. The van der Waals surface area contributed by atoms with Gasteiger partial charge in [-0.1, -0.05) is 17.4 Å². The van der Waals surface area contributed by atoms with Gasteiger partial charge in [0.15, 0.2) is 0 Å². The Kier molecular flexibility index (Phi) is 6.00. The van der Waals surface area contributed by atoms with Crippen LogP contribution in [-0.2, 0) is 4.79 Å². The second kappa shape index (κ2) is 8.61. The van der Waals surface area contributed by atoms with Crippen molar-refractivity contribution in [3.05, 3.63) is 54.1 Å². The van der Waals surface area contributed by atoms with Crippen molar-refractivity contribution in [1.82, 2.24) is 10.2 Å². The van der Waals surface area contributed by atoms with E-state index in [2.05, 4.69) is 20.8 Å². The maximum absolute atomic E-state index is 12.4. The zero-order valence-corrected chi connectivity index (χ0v) is 15.8. The van der Waals surface area contributed by atoms with Gasteiger partial charge in [-0.2, -0.15) is 0 Å². The summed E-state index contributed by atoms with van der Waals surface area (Å²) in [4.78, 5) is 23.8. The Morgan fingerprint density at radius 1 is 1.11 bits per heavy atom. The summed E-state index contributed by atoms with van der Waals surface area (Å²) in [6.45, 7) is 0. The number of hydrogen-bond donors (Lipinski definition) is 2. The van der Waals surface area contributed by atoms with E-state index < -0.39 is 0 Å². The molecule has 1 heterocycles. The first-order valence-electron chi connectivity index (χ1n) is 7.84. The van der Waals surface area contributed by atoms with Crippen LogP contribution >= 0.6 is 22.9 Å². The Labute approximate surface area is 164 Å². The molecule has 0 atom stereocenters. The largest absolute Gasteiger partial charge is 0.497 e. The van der Waals surface area contributed by atoms with Crippen LogP contribution in [0.15, 0.2) is 48.5 Å². The number of rotatable bonds is 6. The van der Waals surface area contributed by atoms with Gasteiger partial charge in [-0.3, -0.25) is 14.9 Å². The normalized spacial score (nSPS) is 10.3. The third-order valence-corrected chi connectivity index (χ3v) is 4.64. The van der Waals surface area contributed by atoms with E-state index in [9.17, 15) is 9.59 Å². The predicted octanol–water partition coefficient (Wildman–Crippen LogP) is 3.64. The molecule has 0 fully saturated rings. The third kappa shape index (κ3) is 4.81. The summed E-state index contributed by atoms with van der Waals surface area (Å²) in [7, 11) is 1.60. The molecule has 0 bridgehead atoms. The third-order valence-electron chi connectivity index (χ3n) is 3.51. The highest BCUT2D eigenvalue weighted by atomic mass is 35.5. The van der Waals surface area contributed by atoms with Gasteiger partial charge in [0.2, 0.25) is 11.0 Å². The lowest BCUT2D eigenvalue weighted by atomic mass is 10.2. The van der Waals surface area contributed by atoms with Crippen LogP contribution in [-0.4, -0.2) is 35.0 Å². The van der Waals surface area contributed by atoms with Gasteiger partial charge in [0, 0.05) is 16.8 Å². The molecule has 1 aromatic heterocycles. The summed E-state index contributed by atoms with van der Waals surface area (Å²) in [5, 5.41) is 14.5. The van der Waals surface area contributed by atoms with E-state index >= 15 is 0 Å². The Bertz CT molecular complexity index is 959. The Morgan fingerprint density at radius 3 is 2.59 bits per heavy atom. The highest BCUT2D eigenvalue weighted by Gasteiger charge is 2.12. The minimum Gasteiger partial charge on any atom is -0.497 e. The van der Waals surface area contributed by atoms with Crippen molar-refractivity contribution >= 4 is 45.6 Å². The lowest BCUT2D eigenvalue weighted by Crippen LogP contribution is -2.15. The van der Waals surface area contributed by atoms with Crippen molar-refractivity contribution in [1.29, 1.82) is 0 Å². The first-order valence-corrected chi connectivity index (χ1v) is 9.19. The topological polar surface area (TPSA) is 93.2 Å². The summed E-state index contributed by atoms with van der Waals surface area (Å²) in [6, 6.07) is 13.9. The maximum Gasteiger partial charge on any atom is 0.257 e. The fraction of sp³-hybridized carbons (Fsp3) is 0.111. The zero-order valence-electron chi connectivity index (χ0n) is 14.2. The van der Waals surface area contributed by atoms with Crippen LogP contribution in [0.2, 0.25) is 0 Å². The number of benzene rings is 2. The average molecular weight is 403 g/mol. The molecule has 0 radical (unpaired) electrons. The van der Waals surface area contributed by atoms with Gasteiger partial charge in [-0.25, -0.2) is 0 Å². The van der Waals surface area contributed by atoms with Crippen LogP contribution in [0.25, 0.3) is 10.6 Å². The summed E-state index contributed by atoms with van der Waals surface area (Å²) in [6.07, 6.45) is 0. The van der Waals surface area contributed by atoms with Crippen molar-refractivity contribution in [2.75, 3.05) is 23.6 Å². The van der Waals surface area contributed by atoms with Gasteiger partial charge in [-0.15, -0.1) is 21.8 Å². The van der Waals surface area contributed by atoms with Crippen LogP contribution in [0, 0.1) is 0 Å². The minimum absolute atomic E-state index is 0.157. The number of anilines is 2. The number of hydrogen-bond acceptors (Lipinski definition) is 6. The molecule has 3 aromatic rings. The second-order valence-corrected chi connectivity index (χ2v) is 6.60.